The van der Waals surface area contributed by atoms with Crippen LogP contribution in [-0.4, -0.2) is 38.6 Å². The molecule has 0 heterocycles. The van der Waals surface area contributed by atoms with E-state index in [2.05, 4.69) is 20.9 Å². The molecule has 0 bridgehead atoms. The summed E-state index contributed by atoms with van der Waals surface area (Å²) in [5.41, 5.74) is 0.807. The average Bonchev–Trinajstić information content (AvgIpc) is 2.69. The summed E-state index contributed by atoms with van der Waals surface area (Å²) in [6, 6.07) is 12.2. The normalized spacial score (nSPS) is 11.3. The Morgan fingerprint density at radius 2 is 1.74 bits per heavy atom. The van der Waals surface area contributed by atoms with Crippen LogP contribution in [0.25, 0.3) is 0 Å². The molecule has 2 aromatic carbocycles. The van der Waals surface area contributed by atoms with Crippen molar-refractivity contribution in [2.75, 3.05) is 32.1 Å². The molecular formula is C21H26F3IN4O2. The van der Waals surface area contributed by atoms with Crippen molar-refractivity contribution in [1.29, 1.82) is 0 Å². The smallest absolute Gasteiger partial charge is 0.416 e. The van der Waals surface area contributed by atoms with Crippen molar-refractivity contribution in [3.63, 3.8) is 0 Å². The fraction of sp³-hybridized carbons (Fsp3) is 0.333. The third kappa shape index (κ3) is 9.90. The number of benzene rings is 2. The molecule has 31 heavy (non-hydrogen) atoms. The van der Waals surface area contributed by atoms with Crippen LogP contribution in [0.15, 0.2) is 53.5 Å². The zero-order valence-corrected chi connectivity index (χ0v) is 19.6. The van der Waals surface area contributed by atoms with Gasteiger partial charge in [0.25, 0.3) is 0 Å². The number of halogens is 4. The van der Waals surface area contributed by atoms with Gasteiger partial charge in [-0.05, 0) is 36.2 Å². The van der Waals surface area contributed by atoms with Gasteiger partial charge in [-0.15, -0.1) is 24.0 Å². The predicted molar refractivity (Wildman–Crippen MR) is 126 cm³/mol. The largest absolute Gasteiger partial charge is 0.492 e. The summed E-state index contributed by atoms with van der Waals surface area (Å²) in [6.07, 6.45) is -3.76. The fourth-order valence-electron chi connectivity index (χ4n) is 2.61. The van der Waals surface area contributed by atoms with Crippen LogP contribution >= 0.6 is 24.0 Å². The van der Waals surface area contributed by atoms with Gasteiger partial charge < -0.3 is 20.7 Å². The minimum atomic E-state index is -4.32. The predicted octanol–water partition coefficient (Wildman–Crippen LogP) is 4.07. The van der Waals surface area contributed by atoms with Gasteiger partial charge in [0.15, 0.2) is 5.96 Å². The Hall–Kier alpha value is -2.50. The van der Waals surface area contributed by atoms with Crippen LogP contribution in [0.4, 0.5) is 18.9 Å². The number of aliphatic imine (C=N–C) groups is 1. The minimum Gasteiger partial charge on any atom is -0.492 e. The first kappa shape index (κ1) is 26.5. The molecule has 0 unspecified atom stereocenters. The molecule has 0 fully saturated rings. The number of hydrogen-bond acceptors (Lipinski definition) is 3. The fourth-order valence-corrected chi connectivity index (χ4v) is 2.61. The molecule has 6 nitrogen and oxygen atoms in total. The maximum absolute atomic E-state index is 12.6. The third-order valence-corrected chi connectivity index (χ3v) is 4.03. The molecule has 0 radical (unpaired) electrons. The van der Waals surface area contributed by atoms with E-state index in [1.807, 2.05) is 0 Å². The highest BCUT2D eigenvalue weighted by atomic mass is 127. The van der Waals surface area contributed by atoms with Crippen molar-refractivity contribution in [1.82, 2.24) is 10.6 Å². The maximum atomic E-state index is 12.6. The van der Waals surface area contributed by atoms with Crippen molar-refractivity contribution < 1.29 is 22.7 Å². The van der Waals surface area contributed by atoms with Gasteiger partial charge in [-0.2, -0.15) is 13.2 Å². The molecule has 0 aliphatic heterocycles. The highest BCUT2D eigenvalue weighted by molar-refractivity contribution is 14.0. The van der Waals surface area contributed by atoms with Gasteiger partial charge in [-0.25, -0.2) is 0 Å². The molecule has 3 N–H and O–H groups in total. The standard InChI is InChI=1S/C21H25F3N4O2.HI/c1-15(29)28-18-4-3-5-19(14-18)30-13-12-27-20(25-2)26-11-10-16-6-8-17(9-7-16)21(22,23)24;/h3-9,14H,10-13H2,1-2H3,(H,28,29)(H2,25,26,27);1H. The van der Waals surface area contributed by atoms with Crippen molar-refractivity contribution in [3.05, 3.63) is 59.7 Å². The summed E-state index contributed by atoms with van der Waals surface area (Å²) in [4.78, 5) is 15.2. The lowest BCUT2D eigenvalue weighted by Gasteiger charge is -2.13. The van der Waals surface area contributed by atoms with Crippen LogP contribution in [-0.2, 0) is 17.4 Å². The van der Waals surface area contributed by atoms with Gasteiger partial charge >= 0.3 is 6.18 Å². The molecule has 0 spiro atoms. The second-order valence-corrected chi connectivity index (χ2v) is 6.43. The highest BCUT2D eigenvalue weighted by Crippen LogP contribution is 2.29. The quantitative estimate of drug-likeness (QED) is 0.201. The van der Waals surface area contributed by atoms with Crippen LogP contribution in [0.3, 0.4) is 0 Å². The molecule has 0 aliphatic carbocycles. The van der Waals surface area contributed by atoms with Gasteiger partial charge in [0.05, 0.1) is 12.1 Å². The molecule has 0 saturated heterocycles. The first-order chi connectivity index (χ1) is 14.3. The summed E-state index contributed by atoms with van der Waals surface area (Å²) >= 11 is 0. The molecule has 1 amide bonds. The molecule has 0 aliphatic rings. The van der Waals surface area contributed by atoms with E-state index in [0.717, 1.165) is 17.7 Å². The molecule has 170 valence electrons. The number of amides is 1. The third-order valence-electron chi connectivity index (χ3n) is 4.03. The topological polar surface area (TPSA) is 74.8 Å². The van der Waals surface area contributed by atoms with Crippen molar-refractivity contribution in [2.24, 2.45) is 4.99 Å². The SMILES string of the molecule is CN=C(NCCOc1cccc(NC(C)=O)c1)NCCc1ccc(C(F)(F)F)cc1.I. The van der Waals surface area contributed by atoms with Crippen LogP contribution in [0.5, 0.6) is 5.75 Å². The van der Waals surface area contributed by atoms with E-state index in [4.69, 9.17) is 4.74 Å². The van der Waals surface area contributed by atoms with Gasteiger partial charge in [0, 0.05) is 32.3 Å². The number of rotatable bonds is 8. The van der Waals surface area contributed by atoms with Gasteiger partial charge in [-0.1, -0.05) is 18.2 Å². The Morgan fingerprint density at radius 1 is 1.06 bits per heavy atom. The summed E-state index contributed by atoms with van der Waals surface area (Å²) in [5, 5.41) is 8.89. The lowest BCUT2D eigenvalue weighted by molar-refractivity contribution is -0.137. The van der Waals surface area contributed by atoms with Gasteiger partial charge in [0.2, 0.25) is 5.91 Å². The van der Waals surface area contributed by atoms with E-state index in [9.17, 15) is 18.0 Å². The summed E-state index contributed by atoms with van der Waals surface area (Å²) in [7, 11) is 1.63. The molecule has 0 aromatic heterocycles. The van der Waals surface area contributed by atoms with Crippen molar-refractivity contribution >= 4 is 41.5 Å². The van der Waals surface area contributed by atoms with E-state index < -0.39 is 11.7 Å². The molecule has 2 aromatic rings. The number of nitrogens with one attached hydrogen (secondary N) is 3. The first-order valence-corrected chi connectivity index (χ1v) is 9.39. The monoisotopic (exact) mass is 550 g/mol. The Balaban J connectivity index is 0.00000480. The number of alkyl halides is 3. The summed E-state index contributed by atoms with van der Waals surface area (Å²) < 4.78 is 43.4. The molecule has 10 heteroatoms. The highest BCUT2D eigenvalue weighted by Gasteiger charge is 2.29. The Morgan fingerprint density at radius 3 is 2.35 bits per heavy atom. The summed E-state index contributed by atoms with van der Waals surface area (Å²) in [5.74, 6) is 1.05. The molecule has 0 atom stereocenters. The lowest BCUT2D eigenvalue weighted by atomic mass is 10.1. The number of nitrogens with zero attached hydrogens (tertiary/aromatic N) is 1. The van der Waals surface area contributed by atoms with E-state index in [-0.39, 0.29) is 29.9 Å². The van der Waals surface area contributed by atoms with E-state index in [0.29, 0.717) is 43.5 Å². The number of guanidine groups is 1. The second kappa shape index (κ2) is 13.0. The number of anilines is 1. The number of carbonyl (C=O) groups is 1. The zero-order chi connectivity index (χ0) is 22.0. The second-order valence-electron chi connectivity index (χ2n) is 6.43. The Kier molecular flexibility index (Phi) is 11.2. The van der Waals surface area contributed by atoms with Crippen LogP contribution in [0.2, 0.25) is 0 Å². The van der Waals surface area contributed by atoms with E-state index >= 15 is 0 Å². The van der Waals surface area contributed by atoms with Gasteiger partial charge in [0.1, 0.15) is 12.4 Å². The Bertz CT molecular complexity index is 858. The molecule has 0 saturated carbocycles. The van der Waals surface area contributed by atoms with E-state index in [1.165, 1.54) is 19.1 Å². The number of hydrogen-bond donors (Lipinski definition) is 3. The number of carbonyl (C=O) groups excluding carboxylic acids is 1. The minimum absolute atomic E-state index is 0. The Labute approximate surface area is 196 Å². The van der Waals surface area contributed by atoms with Crippen molar-refractivity contribution in [3.8, 4) is 5.75 Å². The molecular weight excluding hydrogens is 524 g/mol. The van der Waals surface area contributed by atoms with Crippen LogP contribution in [0.1, 0.15) is 18.1 Å². The molecule has 2 rings (SSSR count). The van der Waals surface area contributed by atoms with E-state index in [1.54, 1.807) is 31.3 Å². The first-order valence-electron chi connectivity index (χ1n) is 9.39. The maximum Gasteiger partial charge on any atom is 0.416 e. The van der Waals surface area contributed by atoms with Gasteiger partial charge in [-0.3, -0.25) is 9.79 Å². The zero-order valence-electron chi connectivity index (χ0n) is 17.3. The van der Waals surface area contributed by atoms with Crippen LogP contribution < -0.4 is 20.7 Å². The average molecular weight is 550 g/mol. The lowest BCUT2D eigenvalue weighted by Crippen LogP contribution is -2.40. The van der Waals surface area contributed by atoms with Crippen molar-refractivity contribution in [2.45, 2.75) is 19.5 Å². The summed E-state index contributed by atoms with van der Waals surface area (Å²) in [6.45, 7) is 2.83. The van der Waals surface area contributed by atoms with Crippen LogP contribution in [0, 0.1) is 0 Å². The number of ether oxygens (including phenoxy) is 1.